The van der Waals surface area contributed by atoms with E-state index in [-0.39, 0.29) is 6.61 Å². The van der Waals surface area contributed by atoms with E-state index in [1.807, 2.05) is 37.3 Å². The number of aliphatic hydroxyl groups excluding tert-OH is 5. The van der Waals surface area contributed by atoms with Gasteiger partial charge in [0.2, 0.25) is 0 Å². The van der Waals surface area contributed by atoms with Crippen LogP contribution in [0.25, 0.3) is 0 Å². The molecule has 2 aromatic carbocycles. The normalized spacial score (nSPS) is 28.3. The Bertz CT molecular complexity index is 775. The Morgan fingerprint density at radius 1 is 0.889 bits per heavy atom. The summed E-state index contributed by atoms with van der Waals surface area (Å²) in [4.78, 5) is 0. The van der Waals surface area contributed by atoms with Gasteiger partial charge in [0, 0.05) is 0 Å². The van der Waals surface area contributed by atoms with Crippen molar-refractivity contribution in [2.24, 2.45) is 0 Å². The first-order chi connectivity index (χ1) is 12.9. The summed E-state index contributed by atoms with van der Waals surface area (Å²) < 4.78 is 5.66. The third-order valence-corrected chi connectivity index (χ3v) is 5.07. The molecule has 0 aromatic heterocycles. The van der Waals surface area contributed by atoms with E-state index in [0.717, 1.165) is 16.7 Å². The van der Waals surface area contributed by atoms with Crippen LogP contribution in [-0.2, 0) is 17.8 Å². The van der Waals surface area contributed by atoms with Crippen molar-refractivity contribution in [1.82, 2.24) is 0 Å². The minimum absolute atomic E-state index is 0.255. The first kappa shape index (κ1) is 19.9. The second-order valence-corrected chi connectivity index (χ2v) is 7.11. The monoisotopic (exact) mass is 374 g/mol. The minimum Gasteiger partial charge on any atom is -0.394 e. The van der Waals surface area contributed by atoms with Gasteiger partial charge in [0.05, 0.1) is 13.2 Å². The maximum Gasteiger partial charge on any atom is 0.113 e. The molecule has 0 bridgehead atoms. The van der Waals surface area contributed by atoms with Gasteiger partial charge in [-0.05, 0) is 35.6 Å². The molecule has 6 nitrogen and oxygen atoms in total. The van der Waals surface area contributed by atoms with Crippen molar-refractivity contribution in [2.45, 2.75) is 50.5 Å². The zero-order valence-corrected chi connectivity index (χ0v) is 15.2. The van der Waals surface area contributed by atoms with Gasteiger partial charge in [0.15, 0.2) is 0 Å². The second kappa shape index (κ2) is 8.48. The van der Waals surface area contributed by atoms with E-state index in [0.29, 0.717) is 17.5 Å². The lowest BCUT2D eigenvalue weighted by atomic mass is 9.88. The largest absolute Gasteiger partial charge is 0.394 e. The van der Waals surface area contributed by atoms with Crippen LogP contribution in [0.2, 0.25) is 0 Å². The van der Waals surface area contributed by atoms with Gasteiger partial charge in [0.1, 0.15) is 30.5 Å². The molecule has 1 aliphatic rings. The molecule has 0 unspecified atom stereocenters. The van der Waals surface area contributed by atoms with Crippen molar-refractivity contribution < 1.29 is 30.3 Å². The van der Waals surface area contributed by atoms with E-state index in [1.165, 1.54) is 0 Å². The van der Waals surface area contributed by atoms with Crippen molar-refractivity contribution in [3.63, 3.8) is 0 Å². The van der Waals surface area contributed by atoms with Crippen molar-refractivity contribution >= 4 is 0 Å². The molecular weight excluding hydrogens is 348 g/mol. The maximum absolute atomic E-state index is 10.4. The van der Waals surface area contributed by atoms with E-state index in [2.05, 4.69) is 6.07 Å². The Balaban J connectivity index is 1.93. The summed E-state index contributed by atoms with van der Waals surface area (Å²) in [5.74, 6) is 0. The smallest absolute Gasteiger partial charge is 0.113 e. The van der Waals surface area contributed by atoms with E-state index >= 15 is 0 Å². The van der Waals surface area contributed by atoms with Crippen molar-refractivity contribution in [3.8, 4) is 0 Å². The first-order valence-electron chi connectivity index (χ1n) is 9.03. The standard InChI is InChI=1S/C21H26O6/c1-12-3-2-4-13(7-12)8-14-5-6-15(10-22)16(9-14)21-20(26)19(25)18(24)17(11-23)27-21/h2-7,9,17-26H,8,10-11H2,1H3/t17-,18-,19+,20-,21+/m1/s1. The number of ether oxygens (including phenoxy) is 1. The van der Waals surface area contributed by atoms with Crippen LogP contribution in [0.3, 0.4) is 0 Å². The van der Waals surface area contributed by atoms with Crippen LogP contribution < -0.4 is 0 Å². The Labute approximate surface area is 158 Å². The van der Waals surface area contributed by atoms with Gasteiger partial charge in [-0.2, -0.15) is 0 Å². The topological polar surface area (TPSA) is 110 Å². The Hall–Kier alpha value is -1.80. The molecule has 2 aromatic rings. The van der Waals surface area contributed by atoms with Crippen LogP contribution in [-0.4, -0.2) is 56.6 Å². The number of benzene rings is 2. The quantitative estimate of drug-likeness (QED) is 0.524. The highest BCUT2D eigenvalue weighted by Crippen LogP contribution is 2.35. The third-order valence-electron chi connectivity index (χ3n) is 5.07. The third kappa shape index (κ3) is 4.21. The summed E-state index contributed by atoms with van der Waals surface area (Å²) >= 11 is 0. The molecule has 1 aliphatic heterocycles. The molecule has 5 atom stereocenters. The number of aliphatic hydroxyl groups is 5. The van der Waals surface area contributed by atoms with Crippen LogP contribution in [0, 0.1) is 6.92 Å². The fourth-order valence-corrected chi connectivity index (χ4v) is 3.58. The molecule has 0 amide bonds. The number of aryl methyl sites for hydroxylation is 1. The molecule has 6 heteroatoms. The van der Waals surface area contributed by atoms with Gasteiger partial charge in [-0.15, -0.1) is 0 Å². The van der Waals surface area contributed by atoms with Crippen LogP contribution in [0.1, 0.15) is 33.9 Å². The van der Waals surface area contributed by atoms with Crippen LogP contribution in [0.15, 0.2) is 42.5 Å². The SMILES string of the molecule is Cc1cccc(Cc2ccc(CO)c([C@@H]3O[C@H](CO)[C@@H](O)[C@H](O)[C@H]3O)c2)c1. The minimum atomic E-state index is -1.45. The molecule has 5 N–H and O–H groups in total. The van der Waals surface area contributed by atoms with Crippen molar-refractivity contribution in [1.29, 1.82) is 0 Å². The molecule has 0 saturated carbocycles. The lowest BCUT2D eigenvalue weighted by Crippen LogP contribution is -2.55. The lowest BCUT2D eigenvalue weighted by molar-refractivity contribution is -0.232. The maximum atomic E-state index is 10.4. The Morgan fingerprint density at radius 3 is 2.30 bits per heavy atom. The summed E-state index contributed by atoms with van der Waals surface area (Å²) in [6, 6.07) is 13.6. The molecule has 0 aliphatic carbocycles. The zero-order chi connectivity index (χ0) is 19.6. The summed E-state index contributed by atoms with van der Waals surface area (Å²) in [6.45, 7) is 1.28. The molecule has 3 rings (SSSR count). The molecule has 27 heavy (non-hydrogen) atoms. The summed E-state index contributed by atoms with van der Waals surface area (Å²) in [5.41, 5.74) is 4.36. The van der Waals surface area contributed by atoms with Crippen LogP contribution >= 0.6 is 0 Å². The number of hydrogen-bond acceptors (Lipinski definition) is 6. The van der Waals surface area contributed by atoms with Gasteiger partial charge in [-0.3, -0.25) is 0 Å². The molecule has 1 fully saturated rings. The van der Waals surface area contributed by atoms with Crippen molar-refractivity contribution in [2.75, 3.05) is 6.61 Å². The van der Waals surface area contributed by atoms with Gasteiger partial charge in [-0.25, -0.2) is 0 Å². The Morgan fingerprint density at radius 2 is 1.63 bits per heavy atom. The first-order valence-corrected chi connectivity index (χ1v) is 9.03. The van der Waals surface area contributed by atoms with E-state index in [1.54, 1.807) is 6.07 Å². The summed E-state index contributed by atoms with van der Waals surface area (Å²) in [7, 11) is 0. The van der Waals surface area contributed by atoms with Gasteiger partial charge >= 0.3 is 0 Å². The average molecular weight is 374 g/mol. The van der Waals surface area contributed by atoms with E-state index in [9.17, 15) is 25.5 Å². The fraction of sp³-hybridized carbons (Fsp3) is 0.429. The molecule has 0 spiro atoms. The molecule has 146 valence electrons. The Kier molecular flexibility index (Phi) is 6.26. The highest BCUT2D eigenvalue weighted by molar-refractivity contribution is 5.37. The summed E-state index contributed by atoms with van der Waals surface area (Å²) in [5, 5.41) is 49.6. The van der Waals surface area contributed by atoms with Gasteiger partial charge in [0.25, 0.3) is 0 Å². The van der Waals surface area contributed by atoms with E-state index < -0.39 is 37.1 Å². The number of hydrogen-bond donors (Lipinski definition) is 5. The highest BCUT2D eigenvalue weighted by atomic mass is 16.5. The van der Waals surface area contributed by atoms with Gasteiger partial charge in [-0.1, -0.05) is 48.0 Å². The molecular formula is C21H26O6. The molecule has 1 heterocycles. The van der Waals surface area contributed by atoms with Crippen molar-refractivity contribution in [3.05, 3.63) is 70.3 Å². The fourth-order valence-electron chi connectivity index (χ4n) is 3.58. The lowest BCUT2D eigenvalue weighted by Gasteiger charge is -2.40. The van der Waals surface area contributed by atoms with Gasteiger partial charge < -0.3 is 30.3 Å². The summed E-state index contributed by atoms with van der Waals surface area (Å²) in [6.07, 6.45) is -5.51. The second-order valence-electron chi connectivity index (χ2n) is 7.11. The predicted molar refractivity (Wildman–Crippen MR) is 99.1 cm³/mol. The zero-order valence-electron chi connectivity index (χ0n) is 15.2. The van der Waals surface area contributed by atoms with Crippen LogP contribution in [0.4, 0.5) is 0 Å². The van der Waals surface area contributed by atoms with E-state index in [4.69, 9.17) is 4.74 Å². The van der Waals surface area contributed by atoms with Crippen LogP contribution in [0.5, 0.6) is 0 Å². The predicted octanol–water partition coefficient (Wildman–Crippen LogP) is 0.593. The molecule has 1 saturated heterocycles. The molecule has 0 radical (unpaired) electrons. The number of rotatable bonds is 5. The average Bonchev–Trinajstić information content (AvgIpc) is 2.66. The highest BCUT2D eigenvalue weighted by Gasteiger charge is 2.44.